The van der Waals surface area contributed by atoms with E-state index in [1.54, 1.807) is 36.6 Å². The van der Waals surface area contributed by atoms with E-state index >= 15 is 0 Å². The van der Waals surface area contributed by atoms with Gasteiger partial charge in [0.15, 0.2) is 0 Å². The molecule has 2 saturated heterocycles. The van der Waals surface area contributed by atoms with Crippen LogP contribution < -0.4 is 11.1 Å². The minimum atomic E-state index is -4.88. The van der Waals surface area contributed by atoms with Crippen LogP contribution in [0.5, 0.6) is 0 Å². The Bertz CT molecular complexity index is 2290. The van der Waals surface area contributed by atoms with E-state index in [0.29, 0.717) is 63.5 Å². The summed E-state index contributed by atoms with van der Waals surface area (Å²) in [5, 5.41) is 84.6. The molecule has 0 radical (unpaired) electrons. The molecule has 0 aromatic heterocycles. The molecule has 0 spiro atoms. The Morgan fingerprint density at radius 1 is 0.519 bits per heavy atom. The van der Waals surface area contributed by atoms with Gasteiger partial charge in [-0.25, -0.2) is 4.79 Å². The smallest absolute Gasteiger partial charge is 0.433 e. The number of benzene rings is 2. The lowest BCUT2D eigenvalue weighted by atomic mass is 10.0. The number of nitrogens with two attached hydrogens (primary N) is 1. The van der Waals surface area contributed by atoms with Gasteiger partial charge >= 0.3 is 53.9 Å². The molecule has 3 unspecified atom stereocenters. The van der Waals surface area contributed by atoms with Crippen LogP contribution in [0.4, 0.5) is 24.5 Å². The van der Waals surface area contributed by atoms with Crippen molar-refractivity contribution in [2.75, 3.05) is 155 Å². The zero-order chi connectivity index (χ0) is 60.8. The number of likely N-dealkylation sites (N-methyl/N-ethyl adjacent to an activating group) is 1. The Morgan fingerprint density at radius 3 is 1.11 bits per heavy atom. The molecule has 0 amide bonds. The van der Waals surface area contributed by atoms with Gasteiger partial charge in [0.2, 0.25) is 6.23 Å². The zero-order valence-electron chi connectivity index (χ0n) is 45.3. The third-order valence-electron chi connectivity index (χ3n) is 12.8. The van der Waals surface area contributed by atoms with Gasteiger partial charge in [-0.05, 0) is 54.8 Å². The van der Waals surface area contributed by atoms with E-state index in [-0.39, 0.29) is 96.7 Å². The van der Waals surface area contributed by atoms with Gasteiger partial charge in [0.05, 0.1) is 45.8 Å². The van der Waals surface area contributed by atoms with Crippen molar-refractivity contribution in [3.8, 4) is 0 Å². The number of nitrogens with one attached hydrogen (secondary N) is 1. The maximum absolute atomic E-state index is 12.7. The Hall–Kier alpha value is -6.81. The number of rotatable bonds is 21. The fourth-order valence-electron chi connectivity index (χ4n) is 8.85. The number of carbonyl (C=O) groups excluding carboxylic acids is 1. The van der Waals surface area contributed by atoms with Crippen molar-refractivity contribution in [1.82, 2.24) is 39.2 Å². The van der Waals surface area contributed by atoms with Crippen molar-refractivity contribution < 1.29 is 103 Å². The highest BCUT2D eigenvalue weighted by atomic mass is 19.4. The van der Waals surface area contributed by atoms with E-state index in [4.69, 9.17) is 11.0 Å². The third-order valence-corrected chi connectivity index (χ3v) is 12.8. The van der Waals surface area contributed by atoms with Gasteiger partial charge in [0.1, 0.15) is 0 Å². The van der Waals surface area contributed by atoms with E-state index in [1.165, 1.54) is 24.3 Å². The van der Waals surface area contributed by atoms with Crippen LogP contribution in [0.3, 0.4) is 0 Å². The number of carboxylic acid groups (broad SMARTS) is 7. The maximum Gasteiger partial charge on any atom is 0.433 e. The number of anilines is 2. The number of alkyl halides is 3. The second-order valence-corrected chi connectivity index (χ2v) is 19.3. The topological polar surface area (TPSA) is 392 Å². The lowest BCUT2D eigenvalue weighted by molar-refractivity contribution is -0.231. The van der Waals surface area contributed by atoms with Gasteiger partial charge in [-0.2, -0.15) is 18.4 Å². The summed E-state index contributed by atoms with van der Waals surface area (Å²) in [6.45, 7) is 6.15. The molecule has 0 saturated carbocycles. The zero-order valence-corrected chi connectivity index (χ0v) is 45.3. The molecule has 31 heteroatoms. The summed E-state index contributed by atoms with van der Waals surface area (Å²) in [6, 6.07) is 12.1. The fourth-order valence-corrected chi connectivity index (χ4v) is 8.85. The SMILES string of the molecule is CC(=O)OO.CCN1CCN(CC(=O)O)CCN(CC(=O)O)CC(Cc2ccc(N)cc2)N(CC(=O)O)CC1.O=C(O)CN1CCN(CC(=O)O)CCN(CC(=O)O)C(Cc2ccc(NC(O)C(F)(F)F)cc2)CN(CC(=O)O)CC1. The number of aliphatic hydroxyl groups excluding tert-OH is 1. The summed E-state index contributed by atoms with van der Waals surface area (Å²) in [6.07, 6.45) is -6.97. The molecule has 2 heterocycles. The summed E-state index contributed by atoms with van der Waals surface area (Å²) in [5.74, 6) is -8.08. The number of hydrogen-bond acceptors (Lipinski definition) is 21. The second kappa shape index (κ2) is 36.5. The van der Waals surface area contributed by atoms with Crippen molar-refractivity contribution in [3.63, 3.8) is 0 Å². The highest BCUT2D eigenvalue weighted by molar-refractivity contribution is 5.71. The van der Waals surface area contributed by atoms with Crippen LogP contribution in [0.15, 0.2) is 48.5 Å². The number of halogens is 3. The van der Waals surface area contributed by atoms with Crippen LogP contribution in [0.1, 0.15) is 25.0 Å². The van der Waals surface area contributed by atoms with Crippen molar-refractivity contribution in [2.24, 2.45) is 0 Å². The van der Waals surface area contributed by atoms with Gasteiger partial charge in [0.25, 0.3) is 0 Å². The molecule has 12 N–H and O–H groups in total. The van der Waals surface area contributed by atoms with Gasteiger partial charge in [0, 0.05) is 122 Å². The van der Waals surface area contributed by atoms with Crippen molar-refractivity contribution in [1.29, 1.82) is 0 Å². The van der Waals surface area contributed by atoms with Crippen LogP contribution in [0, 0.1) is 0 Å². The van der Waals surface area contributed by atoms with Crippen LogP contribution in [-0.2, 0) is 56.1 Å². The Balaban J connectivity index is 0.000000519. The van der Waals surface area contributed by atoms with E-state index in [0.717, 1.165) is 19.0 Å². The van der Waals surface area contributed by atoms with Crippen LogP contribution in [0.2, 0.25) is 0 Å². The van der Waals surface area contributed by atoms with E-state index in [2.05, 4.69) is 9.79 Å². The Morgan fingerprint density at radius 2 is 0.802 bits per heavy atom. The highest BCUT2D eigenvalue weighted by Crippen LogP contribution is 2.23. The molecule has 2 aliphatic rings. The predicted octanol–water partition coefficient (Wildman–Crippen LogP) is -0.852. The molecule has 2 fully saturated rings. The number of carboxylic acids is 7. The van der Waals surface area contributed by atoms with Gasteiger partial charge < -0.3 is 61.7 Å². The molecule has 2 aromatic carbocycles. The monoisotopic (exact) mass is 1160 g/mol. The molecule has 0 aliphatic carbocycles. The molecular formula is C50H77F3N10O18. The first-order chi connectivity index (χ1) is 38.0. The van der Waals surface area contributed by atoms with Gasteiger partial charge in [-0.15, -0.1) is 0 Å². The van der Waals surface area contributed by atoms with Crippen molar-refractivity contribution in [2.45, 2.75) is 51.2 Å². The van der Waals surface area contributed by atoms with Crippen LogP contribution >= 0.6 is 0 Å². The normalized spacial score (nSPS) is 19.2. The van der Waals surface area contributed by atoms with Crippen LogP contribution in [0.25, 0.3) is 0 Å². The number of nitrogens with zero attached hydrogens (tertiary/aromatic N) is 8. The average molecular weight is 1160 g/mol. The molecule has 2 aliphatic heterocycles. The number of carbonyl (C=O) groups is 8. The standard InChI is InChI=1S/C25H36F3N5O9.C23H37N5O6.C2H4O3/c26-25(27,28)24(42)29-18-3-1-17(2-4-18)11-19-12-32(15-22(38)39)8-7-30(13-20(34)35)5-6-31(14-21(36)37)9-10-33(19)16-23(40)41;1-2-25-7-8-26(15-21(29)30)9-10-27(16-22(31)32)14-20(28(12-11-25)17-23(33)34)13-18-3-5-19(24)6-4-18;1-2(3)5-4/h1-4,19,24,29,42H,5-16H2,(H,34,35)(H,36,37)(H,38,39)(H,40,41);3-6,20H,2,7-17,24H2,1H3,(H,29,30)(H,31,32)(H,33,34);4H,1H3. The average Bonchev–Trinajstić information content (AvgIpc) is 3.36. The maximum atomic E-state index is 12.7. The summed E-state index contributed by atoms with van der Waals surface area (Å²) in [5.41, 5.74) is 8.00. The first-order valence-corrected chi connectivity index (χ1v) is 25.7. The first kappa shape index (κ1) is 70.3. The number of nitrogen functional groups attached to an aromatic ring is 1. The summed E-state index contributed by atoms with van der Waals surface area (Å²) in [7, 11) is 0. The first-order valence-electron chi connectivity index (χ1n) is 25.7. The number of hydrogen-bond donors (Lipinski definition) is 11. The molecule has 81 heavy (non-hydrogen) atoms. The second-order valence-electron chi connectivity index (χ2n) is 19.3. The summed E-state index contributed by atoms with van der Waals surface area (Å²) in [4.78, 5) is 107. The molecule has 0 bridgehead atoms. The van der Waals surface area contributed by atoms with E-state index in [1.807, 2.05) is 34.2 Å². The molecular weight excluding hydrogens is 1090 g/mol. The van der Waals surface area contributed by atoms with Crippen LogP contribution in [-0.4, -0.2) is 302 Å². The van der Waals surface area contributed by atoms with E-state index < -0.39 is 79.3 Å². The molecule has 456 valence electrons. The minimum Gasteiger partial charge on any atom is -0.480 e. The van der Waals surface area contributed by atoms with Crippen molar-refractivity contribution in [3.05, 3.63) is 59.7 Å². The molecule has 28 nitrogen and oxygen atoms in total. The lowest BCUT2D eigenvalue weighted by Gasteiger charge is -2.37. The Labute approximate surface area is 465 Å². The largest absolute Gasteiger partial charge is 0.480 e. The summed E-state index contributed by atoms with van der Waals surface area (Å²) < 4.78 is 38.1. The number of aliphatic hydroxyl groups is 1. The van der Waals surface area contributed by atoms with E-state index in [9.17, 15) is 92.4 Å². The predicted molar refractivity (Wildman–Crippen MR) is 283 cm³/mol. The molecule has 3 atom stereocenters. The molecule has 4 rings (SSSR count). The Kier molecular flexibility index (Phi) is 31.7. The fraction of sp³-hybridized carbons (Fsp3) is 0.600. The third kappa shape index (κ3) is 31.1. The molecule has 2 aromatic rings. The van der Waals surface area contributed by atoms with Gasteiger partial charge in [-0.3, -0.25) is 67.9 Å². The minimum absolute atomic E-state index is 0.0139. The van der Waals surface area contributed by atoms with Crippen molar-refractivity contribution >= 4 is 59.1 Å². The quantitative estimate of drug-likeness (QED) is 0.0314. The van der Waals surface area contributed by atoms with Gasteiger partial charge in [-0.1, -0.05) is 31.2 Å². The highest BCUT2D eigenvalue weighted by Gasteiger charge is 2.38. The summed E-state index contributed by atoms with van der Waals surface area (Å²) >= 11 is 0. The lowest BCUT2D eigenvalue weighted by Crippen LogP contribution is -2.53. The number of aliphatic carboxylic acids is 7.